The van der Waals surface area contributed by atoms with Crippen LogP contribution in [0.2, 0.25) is 0 Å². The number of rotatable bonds is 9. The molecule has 4 rings (SSSR count). The third-order valence-electron chi connectivity index (χ3n) is 5.07. The summed E-state index contributed by atoms with van der Waals surface area (Å²) in [7, 11) is 2.05. The molecule has 4 aromatic rings. The van der Waals surface area contributed by atoms with Gasteiger partial charge in [-0.1, -0.05) is 48.6 Å². The third kappa shape index (κ3) is 5.97. The van der Waals surface area contributed by atoms with Crippen LogP contribution in [0.15, 0.2) is 71.6 Å². The Morgan fingerprint density at radius 1 is 1.03 bits per heavy atom. The largest absolute Gasteiger partial charge is 0.493 e. The van der Waals surface area contributed by atoms with Gasteiger partial charge in [0.25, 0.3) is 5.91 Å². The standard InChI is InChI=1S/C25H24N2O5S2.H2O/c1-4-34(29)18-12-10-16(11-13-18)23(32-17-8-6-5-7-9-17)24(28)27-25-26-19-14-20(30-2)21(31-3)15-22(19)33-25;/h5-15,23H,4H2,1-3H3,(H,26,27,28);1H2. The summed E-state index contributed by atoms with van der Waals surface area (Å²) in [4.78, 5) is 18.6. The van der Waals surface area contributed by atoms with E-state index in [-0.39, 0.29) is 11.4 Å². The van der Waals surface area contributed by atoms with Gasteiger partial charge in [0.15, 0.2) is 16.6 Å². The molecule has 1 aromatic heterocycles. The Morgan fingerprint density at radius 3 is 2.31 bits per heavy atom. The molecule has 0 saturated heterocycles. The van der Waals surface area contributed by atoms with Crippen molar-refractivity contribution in [1.82, 2.24) is 4.98 Å². The van der Waals surface area contributed by atoms with Crippen LogP contribution in [0.5, 0.6) is 17.2 Å². The molecule has 0 saturated carbocycles. The van der Waals surface area contributed by atoms with Gasteiger partial charge in [0.05, 0.1) is 35.2 Å². The molecule has 8 nitrogen and oxygen atoms in total. The lowest BCUT2D eigenvalue weighted by molar-refractivity contribution is -0.123. The van der Waals surface area contributed by atoms with Crippen molar-refractivity contribution in [3.63, 3.8) is 0 Å². The first kappa shape index (κ1) is 26.1. The van der Waals surface area contributed by atoms with E-state index in [1.165, 1.54) is 11.3 Å². The molecule has 1 amide bonds. The Bertz CT molecular complexity index is 1270. The number of aromatic nitrogens is 1. The maximum Gasteiger partial charge on any atom is 0.271 e. The SMILES string of the molecule is CCS(=O)c1ccc(C(Oc2ccccc2)C(=O)Nc2nc3cc(OC)c(OC)cc3s2)cc1.O. The van der Waals surface area contributed by atoms with Gasteiger partial charge in [-0.2, -0.15) is 0 Å². The topological polar surface area (TPSA) is 118 Å². The maximum absolute atomic E-state index is 13.3. The van der Waals surface area contributed by atoms with Crippen molar-refractivity contribution < 1.29 is 28.7 Å². The predicted octanol–water partition coefficient (Wildman–Crippen LogP) is 4.38. The lowest BCUT2D eigenvalue weighted by Gasteiger charge is -2.19. The molecule has 0 aliphatic heterocycles. The third-order valence-corrected chi connectivity index (χ3v) is 7.32. The van der Waals surface area contributed by atoms with E-state index in [4.69, 9.17) is 14.2 Å². The summed E-state index contributed by atoms with van der Waals surface area (Å²) in [6.45, 7) is 1.86. The minimum atomic E-state index is -1.08. The molecule has 3 aromatic carbocycles. The molecule has 2 unspecified atom stereocenters. The van der Waals surface area contributed by atoms with Gasteiger partial charge in [-0.15, -0.1) is 0 Å². The van der Waals surface area contributed by atoms with Crippen LogP contribution in [-0.4, -0.2) is 40.5 Å². The van der Waals surface area contributed by atoms with Crippen molar-refractivity contribution in [2.75, 3.05) is 25.3 Å². The molecule has 184 valence electrons. The zero-order chi connectivity index (χ0) is 24.1. The summed E-state index contributed by atoms with van der Waals surface area (Å²) in [6.07, 6.45) is -0.928. The molecule has 0 aliphatic carbocycles. The van der Waals surface area contributed by atoms with Crippen molar-refractivity contribution in [1.29, 1.82) is 0 Å². The van der Waals surface area contributed by atoms with E-state index in [2.05, 4.69) is 10.3 Å². The van der Waals surface area contributed by atoms with E-state index in [0.29, 0.717) is 44.1 Å². The molecule has 0 radical (unpaired) electrons. The number of methoxy groups -OCH3 is 2. The summed E-state index contributed by atoms with van der Waals surface area (Å²) in [5.74, 6) is 1.87. The smallest absolute Gasteiger partial charge is 0.271 e. The van der Waals surface area contributed by atoms with E-state index in [1.807, 2.05) is 31.2 Å². The second kappa shape index (κ2) is 11.8. The summed E-state index contributed by atoms with van der Waals surface area (Å²) in [5.41, 5.74) is 1.33. The van der Waals surface area contributed by atoms with E-state index in [9.17, 15) is 9.00 Å². The zero-order valence-corrected chi connectivity index (χ0v) is 21.1. The first-order valence-electron chi connectivity index (χ1n) is 10.6. The van der Waals surface area contributed by atoms with Gasteiger partial charge in [0.1, 0.15) is 5.75 Å². The maximum atomic E-state index is 13.3. The summed E-state index contributed by atoms with van der Waals surface area (Å²) < 4.78 is 29.7. The number of amides is 1. The number of nitrogens with one attached hydrogen (secondary N) is 1. The number of para-hydroxylation sites is 1. The second-order valence-corrected chi connectivity index (χ2v) is 9.97. The highest BCUT2D eigenvalue weighted by Gasteiger charge is 2.25. The van der Waals surface area contributed by atoms with Gasteiger partial charge in [0, 0.05) is 28.3 Å². The number of fused-ring (bicyclic) bond motifs is 1. The van der Waals surface area contributed by atoms with Crippen molar-refractivity contribution in [2.24, 2.45) is 0 Å². The fourth-order valence-electron chi connectivity index (χ4n) is 3.35. The van der Waals surface area contributed by atoms with Crippen LogP contribution in [0.4, 0.5) is 5.13 Å². The van der Waals surface area contributed by atoms with E-state index in [0.717, 1.165) is 4.70 Å². The van der Waals surface area contributed by atoms with E-state index in [1.54, 1.807) is 56.7 Å². The quantitative estimate of drug-likeness (QED) is 0.354. The van der Waals surface area contributed by atoms with Crippen LogP contribution in [0.1, 0.15) is 18.6 Å². The number of ether oxygens (including phenoxy) is 3. The first-order chi connectivity index (χ1) is 16.5. The minimum absolute atomic E-state index is 0. The highest BCUT2D eigenvalue weighted by molar-refractivity contribution is 7.85. The molecule has 1 heterocycles. The first-order valence-corrected chi connectivity index (χ1v) is 12.7. The summed E-state index contributed by atoms with van der Waals surface area (Å²) >= 11 is 1.33. The summed E-state index contributed by atoms with van der Waals surface area (Å²) in [6, 6.07) is 19.8. The Labute approximate surface area is 209 Å². The average molecular weight is 515 g/mol. The predicted molar refractivity (Wildman–Crippen MR) is 138 cm³/mol. The van der Waals surface area contributed by atoms with Gasteiger partial charge in [-0.05, 0) is 24.3 Å². The lowest BCUT2D eigenvalue weighted by Crippen LogP contribution is -2.25. The number of hydrogen-bond donors (Lipinski definition) is 1. The van der Waals surface area contributed by atoms with Crippen LogP contribution in [0.3, 0.4) is 0 Å². The molecule has 0 fully saturated rings. The molecule has 0 bridgehead atoms. The number of hydrogen-bond acceptors (Lipinski definition) is 7. The van der Waals surface area contributed by atoms with Crippen LogP contribution in [0, 0.1) is 0 Å². The summed E-state index contributed by atoms with van der Waals surface area (Å²) in [5, 5.41) is 3.31. The Kier molecular flexibility index (Phi) is 8.80. The van der Waals surface area contributed by atoms with Gasteiger partial charge in [-0.25, -0.2) is 4.98 Å². The number of carbonyl (C=O) groups excluding carboxylic acids is 1. The molecule has 0 spiro atoms. The lowest BCUT2D eigenvalue weighted by atomic mass is 10.1. The fraction of sp³-hybridized carbons (Fsp3) is 0.200. The Hall–Kier alpha value is -3.47. The number of carbonyl (C=O) groups is 1. The average Bonchev–Trinajstić information content (AvgIpc) is 3.27. The van der Waals surface area contributed by atoms with Crippen molar-refractivity contribution in [3.8, 4) is 17.2 Å². The van der Waals surface area contributed by atoms with Crippen LogP contribution >= 0.6 is 11.3 Å². The normalized spacial score (nSPS) is 12.3. The molecule has 2 atom stereocenters. The van der Waals surface area contributed by atoms with Crippen LogP contribution in [0.25, 0.3) is 10.2 Å². The van der Waals surface area contributed by atoms with Crippen LogP contribution in [-0.2, 0) is 15.6 Å². The molecule has 3 N–H and O–H groups in total. The van der Waals surface area contributed by atoms with Crippen molar-refractivity contribution in [2.45, 2.75) is 17.9 Å². The van der Waals surface area contributed by atoms with E-state index < -0.39 is 16.9 Å². The highest BCUT2D eigenvalue weighted by atomic mass is 32.2. The zero-order valence-electron chi connectivity index (χ0n) is 19.4. The minimum Gasteiger partial charge on any atom is -0.493 e. The second-order valence-electron chi connectivity index (χ2n) is 7.20. The number of nitrogens with zero attached hydrogens (tertiary/aromatic N) is 1. The Morgan fingerprint density at radius 2 is 1.69 bits per heavy atom. The number of anilines is 1. The monoisotopic (exact) mass is 514 g/mol. The molecular formula is C25H26N2O6S2. The van der Waals surface area contributed by atoms with Crippen molar-refractivity contribution >= 4 is 43.4 Å². The molecule has 10 heteroatoms. The highest BCUT2D eigenvalue weighted by Crippen LogP contribution is 2.36. The van der Waals surface area contributed by atoms with E-state index >= 15 is 0 Å². The molecule has 0 aliphatic rings. The van der Waals surface area contributed by atoms with Gasteiger partial charge < -0.3 is 19.7 Å². The van der Waals surface area contributed by atoms with Gasteiger partial charge in [0.2, 0.25) is 6.10 Å². The fourth-order valence-corrected chi connectivity index (χ4v) is 5.00. The Balaban J connectivity index is 0.00000342. The van der Waals surface area contributed by atoms with Crippen molar-refractivity contribution in [3.05, 3.63) is 72.3 Å². The van der Waals surface area contributed by atoms with Gasteiger partial charge >= 0.3 is 0 Å². The van der Waals surface area contributed by atoms with Crippen LogP contribution < -0.4 is 19.5 Å². The van der Waals surface area contributed by atoms with Gasteiger partial charge in [-0.3, -0.25) is 14.3 Å². The molecular weight excluding hydrogens is 488 g/mol. The number of thiazole rings is 1. The number of benzene rings is 3. The molecule has 35 heavy (non-hydrogen) atoms.